The first-order chi connectivity index (χ1) is 11.1. The van der Waals surface area contributed by atoms with E-state index >= 15 is 0 Å². The Morgan fingerprint density at radius 3 is 2.74 bits per heavy atom. The third-order valence-electron chi connectivity index (χ3n) is 3.19. The summed E-state index contributed by atoms with van der Waals surface area (Å²) in [5.74, 6) is 2.69. The van der Waals surface area contributed by atoms with Gasteiger partial charge < -0.3 is 19.9 Å². The lowest BCUT2D eigenvalue weighted by Crippen LogP contribution is -2.41. The van der Waals surface area contributed by atoms with Gasteiger partial charge in [0.15, 0.2) is 11.8 Å². The number of hydrogen-bond acceptors (Lipinski definition) is 5. The summed E-state index contributed by atoms with van der Waals surface area (Å²) in [5.41, 5.74) is 1.12. The third-order valence-corrected chi connectivity index (χ3v) is 3.19. The Balaban J connectivity index is 1.77. The molecule has 0 bridgehead atoms. The van der Waals surface area contributed by atoms with Gasteiger partial charge in [-0.15, -0.1) is 0 Å². The number of guanidine groups is 1. The maximum absolute atomic E-state index is 5.92. The van der Waals surface area contributed by atoms with Crippen LogP contribution in [0.5, 0.6) is 5.75 Å². The molecule has 0 amide bonds. The van der Waals surface area contributed by atoms with Crippen molar-refractivity contribution >= 4 is 5.96 Å². The molecule has 23 heavy (non-hydrogen) atoms. The van der Waals surface area contributed by atoms with Crippen molar-refractivity contribution < 1.29 is 9.26 Å². The fourth-order valence-electron chi connectivity index (χ4n) is 1.98. The molecular formula is C16H23N5O2. The van der Waals surface area contributed by atoms with E-state index in [0.717, 1.165) is 11.3 Å². The molecule has 1 aromatic carbocycles. The number of aryl methyl sites for hydroxylation is 2. The van der Waals surface area contributed by atoms with Crippen LogP contribution >= 0.6 is 0 Å². The van der Waals surface area contributed by atoms with Crippen LogP contribution in [0.15, 0.2) is 33.8 Å². The molecule has 0 spiro atoms. The lowest BCUT2D eigenvalue weighted by Gasteiger charge is -2.18. The van der Waals surface area contributed by atoms with Crippen molar-refractivity contribution in [2.24, 2.45) is 4.99 Å². The van der Waals surface area contributed by atoms with Crippen LogP contribution in [0.1, 0.15) is 24.2 Å². The van der Waals surface area contributed by atoms with E-state index in [1.807, 2.05) is 38.1 Å². The van der Waals surface area contributed by atoms with E-state index in [2.05, 4.69) is 25.8 Å². The Morgan fingerprint density at radius 1 is 1.30 bits per heavy atom. The van der Waals surface area contributed by atoms with Crippen molar-refractivity contribution in [2.75, 3.05) is 13.6 Å². The first kappa shape index (κ1) is 16.8. The number of benzene rings is 1. The molecule has 0 saturated heterocycles. The second kappa shape index (κ2) is 8.17. The monoisotopic (exact) mass is 317 g/mol. The number of aromatic nitrogens is 2. The molecule has 0 aliphatic heterocycles. The van der Waals surface area contributed by atoms with Gasteiger partial charge in [0, 0.05) is 14.0 Å². The summed E-state index contributed by atoms with van der Waals surface area (Å²) >= 11 is 0. The Hall–Kier alpha value is -2.57. The maximum atomic E-state index is 5.92. The Labute approximate surface area is 136 Å². The second-order valence-electron chi connectivity index (χ2n) is 5.23. The van der Waals surface area contributed by atoms with Crippen molar-refractivity contribution in [3.63, 3.8) is 0 Å². The molecule has 124 valence electrons. The van der Waals surface area contributed by atoms with Gasteiger partial charge in [-0.2, -0.15) is 4.98 Å². The molecule has 1 aromatic heterocycles. The topological polar surface area (TPSA) is 84.6 Å². The average molecular weight is 317 g/mol. The molecule has 0 radical (unpaired) electrons. The molecule has 0 aliphatic carbocycles. The highest BCUT2D eigenvalue weighted by atomic mass is 16.5. The predicted octanol–water partition coefficient (Wildman–Crippen LogP) is 1.82. The van der Waals surface area contributed by atoms with Crippen LogP contribution < -0.4 is 15.4 Å². The number of hydrogen-bond donors (Lipinski definition) is 2. The quantitative estimate of drug-likeness (QED) is 0.624. The summed E-state index contributed by atoms with van der Waals surface area (Å²) in [5, 5.41) is 10.2. The van der Waals surface area contributed by atoms with Gasteiger partial charge in [0.25, 0.3) is 0 Å². The van der Waals surface area contributed by atoms with E-state index in [1.165, 1.54) is 0 Å². The van der Waals surface area contributed by atoms with E-state index in [0.29, 0.717) is 30.8 Å². The fourth-order valence-corrected chi connectivity index (χ4v) is 1.98. The van der Waals surface area contributed by atoms with E-state index in [9.17, 15) is 0 Å². The number of nitrogens with zero attached hydrogens (tertiary/aromatic N) is 3. The van der Waals surface area contributed by atoms with Gasteiger partial charge in [-0.25, -0.2) is 0 Å². The Kier molecular flexibility index (Phi) is 5.96. The molecule has 2 aromatic rings. The zero-order valence-corrected chi connectivity index (χ0v) is 14.0. The first-order valence-electron chi connectivity index (χ1n) is 7.54. The smallest absolute Gasteiger partial charge is 0.223 e. The molecule has 0 saturated carbocycles. The summed E-state index contributed by atoms with van der Waals surface area (Å²) in [4.78, 5) is 8.29. The minimum absolute atomic E-state index is 0.00192. The van der Waals surface area contributed by atoms with E-state index in [1.54, 1.807) is 14.0 Å². The zero-order valence-electron chi connectivity index (χ0n) is 14.0. The molecule has 1 unspecified atom stereocenters. The number of ether oxygens (including phenoxy) is 1. The van der Waals surface area contributed by atoms with Crippen molar-refractivity contribution in [1.29, 1.82) is 0 Å². The van der Waals surface area contributed by atoms with Gasteiger partial charge in [0.1, 0.15) is 11.9 Å². The number of nitrogens with one attached hydrogen (secondary N) is 2. The van der Waals surface area contributed by atoms with Crippen LogP contribution in [0.4, 0.5) is 0 Å². The van der Waals surface area contributed by atoms with Gasteiger partial charge in [-0.1, -0.05) is 23.4 Å². The second-order valence-corrected chi connectivity index (χ2v) is 5.23. The largest absolute Gasteiger partial charge is 0.489 e. The summed E-state index contributed by atoms with van der Waals surface area (Å²) < 4.78 is 10.8. The third kappa shape index (κ3) is 5.28. The van der Waals surface area contributed by atoms with Gasteiger partial charge in [-0.05, 0) is 25.5 Å². The normalized spacial score (nSPS) is 12.8. The Bertz CT molecular complexity index is 653. The van der Waals surface area contributed by atoms with E-state index in [4.69, 9.17) is 9.26 Å². The van der Waals surface area contributed by atoms with Crippen LogP contribution in [-0.4, -0.2) is 35.8 Å². The predicted molar refractivity (Wildman–Crippen MR) is 88.5 cm³/mol. The molecular weight excluding hydrogens is 294 g/mol. The number of rotatable bonds is 6. The van der Waals surface area contributed by atoms with Gasteiger partial charge >= 0.3 is 0 Å². The van der Waals surface area contributed by atoms with Crippen LogP contribution in [0.25, 0.3) is 0 Å². The molecule has 7 heteroatoms. The maximum Gasteiger partial charge on any atom is 0.223 e. The van der Waals surface area contributed by atoms with Crippen molar-refractivity contribution in [3.8, 4) is 5.75 Å². The van der Waals surface area contributed by atoms with Gasteiger partial charge in [0.05, 0.1) is 13.1 Å². The summed E-state index contributed by atoms with van der Waals surface area (Å²) in [6.45, 7) is 6.87. The molecule has 2 N–H and O–H groups in total. The SMILES string of the molecule is CN=C(NCc1noc(C)n1)NCC(C)Oc1ccccc1C. The summed E-state index contributed by atoms with van der Waals surface area (Å²) in [7, 11) is 1.71. The van der Waals surface area contributed by atoms with E-state index < -0.39 is 0 Å². The van der Waals surface area contributed by atoms with E-state index in [-0.39, 0.29) is 6.10 Å². The lowest BCUT2D eigenvalue weighted by atomic mass is 10.2. The highest BCUT2D eigenvalue weighted by Gasteiger charge is 2.08. The van der Waals surface area contributed by atoms with Crippen LogP contribution in [0.2, 0.25) is 0 Å². The highest BCUT2D eigenvalue weighted by Crippen LogP contribution is 2.17. The molecule has 0 aliphatic rings. The number of aliphatic imine (C=N–C) groups is 1. The van der Waals surface area contributed by atoms with Gasteiger partial charge in [0.2, 0.25) is 5.89 Å². The summed E-state index contributed by atoms with van der Waals surface area (Å²) in [6.07, 6.45) is 0.00192. The highest BCUT2D eigenvalue weighted by molar-refractivity contribution is 5.79. The Morgan fingerprint density at radius 2 is 2.09 bits per heavy atom. The molecule has 1 atom stereocenters. The van der Waals surface area contributed by atoms with Crippen LogP contribution in [0, 0.1) is 13.8 Å². The minimum Gasteiger partial charge on any atom is -0.489 e. The van der Waals surface area contributed by atoms with Gasteiger partial charge in [-0.3, -0.25) is 4.99 Å². The summed E-state index contributed by atoms with van der Waals surface area (Å²) in [6, 6.07) is 7.97. The van der Waals surface area contributed by atoms with Crippen LogP contribution in [0.3, 0.4) is 0 Å². The zero-order chi connectivity index (χ0) is 16.7. The molecule has 7 nitrogen and oxygen atoms in total. The molecule has 1 heterocycles. The fraction of sp³-hybridized carbons (Fsp3) is 0.438. The van der Waals surface area contributed by atoms with Crippen molar-refractivity contribution in [1.82, 2.24) is 20.8 Å². The van der Waals surface area contributed by atoms with Crippen molar-refractivity contribution in [3.05, 3.63) is 41.5 Å². The molecule has 2 rings (SSSR count). The lowest BCUT2D eigenvalue weighted by molar-refractivity contribution is 0.222. The number of para-hydroxylation sites is 1. The van der Waals surface area contributed by atoms with Crippen LogP contribution in [-0.2, 0) is 6.54 Å². The first-order valence-corrected chi connectivity index (χ1v) is 7.54. The minimum atomic E-state index is 0.00192. The molecule has 0 fully saturated rings. The average Bonchev–Trinajstić information content (AvgIpc) is 2.95. The standard InChI is InChI=1S/C16H23N5O2/c1-11-7-5-6-8-14(11)22-12(2)9-18-16(17-4)19-10-15-20-13(3)23-21-15/h5-8,12H,9-10H2,1-4H3,(H2,17,18,19). The van der Waals surface area contributed by atoms with Crippen molar-refractivity contribution in [2.45, 2.75) is 33.4 Å².